The molecule has 0 aromatic heterocycles. The summed E-state index contributed by atoms with van der Waals surface area (Å²) in [5.74, 6) is 1.50. The van der Waals surface area contributed by atoms with Gasteiger partial charge in [0.25, 0.3) is 0 Å². The van der Waals surface area contributed by atoms with E-state index < -0.39 is 0 Å². The van der Waals surface area contributed by atoms with Gasteiger partial charge in [-0.3, -0.25) is 4.79 Å². The van der Waals surface area contributed by atoms with Gasteiger partial charge in [0.2, 0.25) is 0 Å². The van der Waals surface area contributed by atoms with Crippen molar-refractivity contribution in [2.24, 2.45) is 0 Å². The molecule has 0 saturated carbocycles. The predicted octanol–water partition coefficient (Wildman–Crippen LogP) is 2.64. The fraction of sp³-hybridized carbons (Fsp3) is 0.364. The number of hydrogen-bond acceptors (Lipinski definition) is 4. The monoisotopic (exact) mass is 259 g/mol. The summed E-state index contributed by atoms with van der Waals surface area (Å²) in [7, 11) is 0. The number of nitrogens with one attached hydrogen (secondary N) is 1. The van der Waals surface area contributed by atoms with Crippen LogP contribution in [0.4, 0.5) is 0 Å². The molecule has 3 nitrogen and oxygen atoms in total. The molecule has 1 rings (SSSR count). The zero-order chi connectivity index (χ0) is 11.8. The first-order valence-corrected chi connectivity index (χ1v) is 6.44. The SMILES string of the molecule is CC(=O)ONCCSCc1ccc(Cl)cc1. The molecule has 0 radical (unpaired) electrons. The van der Waals surface area contributed by atoms with Crippen LogP contribution in [0, 0.1) is 0 Å². The molecule has 0 saturated heterocycles. The molecular formula is C11H14ClNO2S. The molecule has 0 heterocycles. The first-order valence-electron chi connectivity index (χ1n) is 4.91. The van der Waals surface area contributed by atoms with Crippen molar-refractivity contribution in [2.45, 2.75) is 12.7 Å². The lowest BCUT2D eigenvalue weighted by molar-refractivity contribution is -0.148. The van der Waals surface area contributed by atoms with Crippen LogP contribution in [0.5, 0.6) is 0 Å². The van der Waals surface area contributed by atoms with Crippen molar-refractivity contribution in [3.05, 3.63) is 34.9 Å². The molecule has 0 unspecified atom stereocenters. The average Bonchev–Trinajstić information content (AvgIpc) is 2.25. The summed E-state index contributed by atoms with van der Waals surface area (Å²) < 4.78 is 0. The van der Waals surface area contributed by atoms with Gasteiger partial charge >= 0.3 is 5.97 Å². The van der Waals surface area contributed by atoms with E-state index in [1.165, 1.54) is 12.5 Å². The first-order chi connectivity index (χ1) is 7.68. The zero-order valence-electron chi connectivity index (χ0n) is 9.03. The Bertz CT molecular complexity index is 329. The number of carbonyl (C=O) groups excluding carboxylic acids is 1. The summed E-state index contributed by atoms with van der Waals surface area (Å²) in [5, 5.41) is 0.755. The van der Waals surface area contributed by atoms with Gasteiger partial charge in [-0.2, -0.15) is 17.2 Å². The van der Waals surface area contributed by atoms with E-state index in [4.69, 9.17) is 11.6 Å². The van der Waals surface area contributed by atoms with E-state index in [-0.39, 0.29) is 5.97 Å². The summed E-state index contributed by atoms with van der Waals surface area (Å²) in [6.07, 6.45) is 0. The Balaban J connectivity index is 2.07. The van der Waals surface area contributed by atoms with Crippen LogP contribution in [-0.4, -0.2) is 18.3 Å². The van der Waals surface area contributed by atoms with Crippen molar-refractivity contribution in [1.82, 2.24) is 5.48 Å². The van der Waals surface area contributed by atoms with Crippen molar-refractivity contribution in [1.29, 1.82) is 0 Å². The second-order valence-electron chi connectivity index (χ2n) is 3.17. The number of benzene rings is 1. The number of thioether (sulfide) groups is 1. The Morgan fingerprint density at radius 1 is 1.44 bits per heavy atom. The van der Waals surface area contributed by atoms with Crippen LogP contribution >= 0.6 is 23.4 Å². The van der Waals surface area contributed by atoms with Gasteiger partial charge in [-0.1, -0.05) is 23.7 Å². The third kappa shape index (κ3) is 6.00. The molecule has 0 fully saturated rings. The van der Waals surface area contributed by atoms with Crippen molar-refractivity contribution >= 4 is 29.3 Å². The minimum Gasteiger partial charge on any atom is -0.371 e. The zero-order valence-corrected chi connectivity index (χ0v) is 10.6. The number of carbonyl (C=O) groups is 1. The molecule has 1 N–H and O–H groups in total. The largest absolute Gasteiger partial charge is 0.371 e. The lowest BCUT2D eigenvalue weighted by Crippen LogP contribution is -2.20. The van der Waals surface area contributed by atoms with Crippen LogP contribution in [0.1, 0.15) is 12.5 Å². The topological polar surface area (TPSA) is 38.3 Å². The quantitative estimate of drug-likeness (QED) is 0.630. The first kappa shape index (κ1) is 13.4. The molecule has 0 atom stereocenters. The highest BCUT2D eigenvalue weighted by atomic mass is 35.5. The third-order valence-corrected chi connectivity index (χ3v) is 3.03. The fourth-order valence-corrected chi connectivity index (χ4v) is 1.96. The molecule has 16 heavy (non-hydrogen) atoms. The van der Waals surface area contributed by atoms with Crippen LogP contribution in [0.3, 0.4) is 0 Å². The number of hydroxylamine groups is 1. The standard InChI is InChI=1S/C11H14ClNO2S/c1-9(14)15-13-6-7-16-8-10-2-4-11(12)5-3-10/h2-5,13H,6-8H2,1H3. The van der Waals surface area contributed by atoms with E-state index in [9.17, 15) is 4.79 Å². The summed E-state index contributed by atoms with van der Waals surface area (Å²) in [6, 6.07) is 7.78. The van der Waals surface area contributed by atoms with Crippen molar-refractivity contribution in [2.75, 3.05) is 12.3 Å². The maximum atomic E-state index is 10.4. The van der Waals surface area contributed by atoms with Gasteiger partial charge in [-0.25, -0.2) is 0 Å². The summed E-state index contributed by atoms with van der Waals surface area (Å²) in [5.41, 5.74) is 3.83. The van der Waals surface area contributed by atoms with E-state index >= 15 is 0 Å². The highest BCUT2D eigenvalue weighted by Crippen LogP contribution is 2.14. The second-order valence-corrected chi connectivity index (χ2v) is 4.71. The van der Waals surface area contributed by atoms with Crippen LogP contribution in [0.15, 0.2) is 24.3 Å². The van der Waals surface area contributed by atoms with Gasteiger partial charge in [0.05, 0.1) is 0 Å². The second kappa shape index (κ2) is 7.54. The highest BCUT2D eigenvalue weighted by Gasteiger charge is 1.95. The van der Waals surface area contributed by atoms with E-state index in [2.05, 4.69) is 10.3 Å². The average molecular weight is 260 g/mol. The van der Waals surface area contributed by atoms with Crippen LogP contribution in [0.2, 0.25) is 5.02 Å². The van der Waals surface area contributed by atoms with Crippen LogP contribution in [0.25, 0.3) is 0 Å². The smallest absolute Gasteiger partial charge is 0.321 e. The van der Waals surface area contributed by atoms with Gasteiger partial charge in [-0.15, -0.1) is 0 Å². The van der Waals surface area contributed by atoms with E-state index in [0.29, 0.717) is 6.54 Å². The van der Waals surface area contributed by atoms with Gasteiger partial charge < -0.3 is 4.84 Å². The van der Waals surface area contributed by atoms with E-state index in [1.807, 2.05) is 24.3 Å². The number of rotatable bonds is 6. The minimum absolute atomic E-state index is 0.317. The summed E-state index contributed by atoms with van der Waals surface area (Å²) in [6.45, 7) is 2.02. The van der Waals surface area contributed by atoms with Crippen LogP contribution < -0.4 is 5.48 Å². The Morgan fingerprint density at radius 3 is 2.75 bits per heavy atom. The Labute approximate surface area is 104 Å². The predicted molar refractivity (Wildman–Crippen MR) is 67.4 cm³/mol. The van der Waals surface area contributed by atoms with Gasteiger partial charge in [-0.05, 0) is 17.7 Å². The van der Waals surface area contributed by atoms with Crippen molar-refractivity contribution in [3.8, 4) is 0 Å². The fourth-order valence-electron chi connectivity index (χ4n) is 1.04. The third-order valence-electron chi connectivity index (χ3n) is 1.75. The number of halogens is 1. The number of hydrogen-bond donors (Lipinski definition) is 1. The molecule has 0 aliphatic carbocycles. The maximum Gasteiger partial charge on any atom is 0.321 e. The van der Waals surface area contributed by atoms with Crippen molar-refractivity contribution in [3.63, 3.8) is 0 Å². The molecule has 0 bridgehead atoms. The van der Waals surface area contributed by atoms with E-state index in [1.54, 1.807) is 11.8 Å². The molecule has 1 aromatic carbocycles. The minimum atomic E-state index is -0.317. The lowest BCUT2D eigenvalue weighted by atomic mass is 10.2. The van der Waals surface area contributed by atoms with Gasteiger partial charge in [0.15, 0.2) is 0 Å². The molecular weight excluding hydrogens is 246 g/mol. The van der Waals surface area contributed by atoms with Gasteiger partial charge in [0, 0.05) is 30.0 Å². The normalized spacial score (nSPS) is 10.1. The molecule has 0 spiro atoms. The lowest BCUT2D eigenvalue weighted by Gasteiger charge is -2.03. The molecule has 0 aliphatic rings. The molecule has 88 valence electrons. The Morgan fingerprint density at radius 2 is 2.12 bits per heavy atom. The maximum absolute atomic E-state index is 10.4. The molecule has 5 heteroatoms. The molecule has 1 aromatic rings. The van der Waals surface area contributed by atoms with Crippen molar-refractivity contribution < 1.29 is 9.63 Å². The molecule has 0 amide bonds. The van der Waals surface area contributed by atoms with Gasteiger partial charge in [0.1, 0.15) is 0 Å². The summed E-state index contributed by atoms with van der Waals surface area (Å²) in [4.78, 5) is 15.0. The Kier molecular flexibility index (Phi) is 6.30. The van der Waals surface area contributed by atoms with E-state index in [0.717, 1.165) is 16.5 Å². The highest BCUT2D eigenvalue weighted by molar-refractivity contribution is 7.98. The summed E-state index contributed by atoms with van der Waals surface area (Å²) >= 11 is 7.55. The van der Waals surface area contributed by atoms with Crippen LogP contribution in [-0.2, 0) is 15.4 Å². The molecule has 0 aliphatic heterocycles. The Hall–Kier alpha value is -0.710.